The summed E-state index contributed by atoms with van der Waals surface area (Å²) in [6.45, 7) is 3.90. The Bertz CT molecular complexity index is 245. The fourth-order valence-electron chi connectivity index (χ4n) is 1.43. The Hall–Kier alpha value is -1.00. The number of aromatic nitrogens is 2. The summed E-state index contributed by atoms with van der Waals surface area (Å²) in [5.41, 5.74) is 1.13. The minimum atomic E-state index is 0.297. The van der Waals surface area contributed by atoms with Gasteiger partial charge in [0, 0.05) is 37.7 Å². The van der Waals surface area contributed by atoms with Crippen LogP contribution >= 0.6 is 0 Å². The van der Waals surface area contributed by atoms with Crippen LogP contribution in [-0.2, 0) is 4.74 Å². The first-order valence-electron chi connectivity index (χ1n) is 5.35. The van der Waals surface area contributed by atoms with Crippen molar-refractivity contribution in [3.63, 3.8) is 0 Å². The van der Waals surface area contributed by atoms with Crippen LogP contribution in [0, 0.1) is 0 Å². The molecule has 0 spiro atoms. The van der Waals surface area contributed by atoms with Crippen LogP contribution in [0.25, 0.3) is 0 Å². The summed E-state index contributed by atoms with van der Waals surface area (Å²) in [7, 11) is 1.72. The molecule has 0 radical (unpaired) electrons. The van der Waals surface area contributed by atoms with Crippen LogP contribution in [0.2, 0.25) is 0 Å². The van der Waals surface area contributed by atoms with Gasteiger partial charge in [-0.2, -0.15) is 0 Å². The molecule has 1 aromatic heterocycles. The number of rotatable bonds is 7. The molecule has 0 bridgehead atoms. The first-order chi connectivity index (χ1) is 7.38. The predicted octanol–water partition coefficient (Wildman–Crippen LogP) is 1.55. The van der Waals surface area contributed by atoms with Crippen molar-refractivity contribution in [2.24, 2.45) is 0 Å². The summed E-state index contributed by atoms with van der Waals surface area (Å²) in [6, 6.07) is 0.297. The van der Waals surface area contributed by atoms with Gasteiger partial charge in [-0.15, -0.1) is 0 Å². The molecule has 1 rings (SSSR count). The molecule has 0 saturated heterocycles. The SMILES string of the molecule is CCCNC(CCOC)c1cncnc1. The van der Waals surface area contributed by atoms with Crippen molar-refractivity contribution < 1.29 is 4.74 Å². The van der Waals surface area contributed by atoms with Crippen LogP contribution < -0.4 is 5.32 Å². The Morgan fingerprint density at radius 1 is 1.40 bits per heavy atom. The molecule has 84 valence electrons. The van der Waals surface area contributed by atoms with Crippen molar-refractivity contribution in [2.75, 3.05) is 20.3 Å². The Kier molecular flexibility index (Phi) is 5.88. The Labute approximate surface area is 91.1 Å². The van der Waals surface area contributed by atoms with Crippen molar-refractivity contribution in [3.05, 3.63) is 24.3 Å². The van der Waals surface area contributed by atoms with Crippen molar-refractivity contribution in [3.8, 4) is 0 Å². The molecule has 0 saturated carbocycles. The van der Waals surface area contributed by atoms with E-state index in [0.717, 1.165) is 31.6 Å². The molecular weight excluding hydrogens is 190 g/mol. The number of nitrogens with zero attached hydrogens (tertiary/aromatic N) is 2. The summed E-state index contributed by atoms with van der Waals surface area (Å²) in [5.74, 6) is 0. The molecule has 4 heteroatoms. The Morgan fingerprint density at radius 3 is 2.73 bits per heavy atom. The summed E-state index contributed by atoms with van der Waals surface area (Å²) in [6.07, 6.45) is 7.34. The van der Waals surface area contributed by atoms with E-state index in [1.165, 1.54) is 0 Å². The molecule has 0 amide bonds. The molecule has 0 aliphatic rings. The molecule has 0 aliphatic heterocycles. The van der Waals surface area contributed by atoms with E-state index in [0.29, 0.717) is 6.04 Å². The number of hydrogen-bond acceptors (Lipinski definition) is 4. The molecule has 1 atom stereocenters. The molecule has 4 nitrogen and oxygen atoms in total. The maximum Gasteiger partial charge on any atom is 0.115 e. The van der Waals surface area contributed by atoms with Crippen LogP contribution in [-0.4, -0.2) is 30.2 Å². The van der Waals surface area contributed by atoms with Gasteiger partial charge in [-0.05, 0) is 19.4 Å². The molecule has 0 aliphatic carbocycles. The smallest absolute Gasteiger partial charge is 0.115 e. The van der Waals surface area contributed by atoms with Gasteiger partial charge in [0.05, 0.1) is 0 Å². The highest BCUT2D eigenvalue weighted by Gasteiger charge is 2.10. The lowest BCUT2D eigenvalue weighted by molar-refractivity contribution is 0.183. The Morgan fingerprint density at radius 2 is 2.13 bits per heavy atom. The van der Waals surface area contributed by atoms with Gasteiger partial charge in [0.1, 0.15) is 6.33 Å². The highest BCUT2D eigenvalue weighted by atomic mass is 16.5. The van der Waals surface area contributed by atoms with Crippen LogP contribution in [0.15, 0.2) is 18.7 Å². The molecule has 15 heavy (non-hydrogen) atoms. The van der Waals surface area contributed by atoms with E-state index in [4.69, 9.17) is 4.74 Å². The van der Waals surface area contributed by atoms with Gasteiger partial charge >= 0.3 is 0 Å². The van der Waals surface area contributed by atoms with E-state index in [2.05, 4.69) is 22.2 Å². The Balaban J connectivity index is 2.55. The van der Waals surface area contributed by atoms with E-state index in [9.17, 15) is 0 Å². The zero-order valence-corrected chi connectivity index (χ0v) is 9.44. The number of ether oxygens (including phenoxy) is 1. The molecule has 0 aromatic carbocycles. The minimum Gasteiger partial charge on any atom is -0.385 e. The van der Waals surface area contributed by atoms with E-state index in [1.54, 1.807) is 13.4 Å². The largest absolute Gasteiger partial charge is 0.385 e. The third kappa shape index (κ3) is 4.36. The van der Waals surface area contributed by atoms with Gasteiger partial charge in [-0.3, -0.25) is 0 Å². The summed E-state index contributed by atoms with van der Waals surface area (Å²) < 4.78 is 5.09. The van der Waals surface area contributed by atoms with Crippen LogP contribution in [0.5, 0.6) is 0 Å². The van der Waals surface area contributed by atoms with Crippen LogP contribution in [0.3, 0.4) is 0 Å². The average molecular weight is 209 g/mol. The molecule has 1 unspecified atom stereocenters. The van der Waals surface area contributed by atoms with E-state index in [1.807, 2.05) is 12.4 Å². The van der Waals surface area contributed by atoms with E-state index in [-0.39, 0.29) is 0 Å². The van der Waals surface area contributed by atoms with Gasteiger partial charge in [0.15, 0.2) is 0 Å². The normalized spacial score (nSPS) is 12.7. The lowest BCUT2D eigenvalue weighted by Gasteiger charge is -2.17. The summed E-state index contributed by atoms with van der Waals surface area (Å²) >= 11 is 0. The van der Waals surface area contributed by atoms with E-state index < -0.39 is 0 Å². The lowest BCUT2D eigenvalue weighted by Crippen LogP contribution is -2.23. The van der Waals surface area contributed by atoms with Gasteiger partial charge in [-0.25, -0.2) is 9.97 Å². The van der Waals surface area contributed by atoms with Crippen molar-refractivity contribution >= 4 is 0 Å². The van der Waals surface area contributed by atoms with Gasteiger partial charge < -0.3 is 10.1 Å². The summed E-state index contributed by atoms with van der Waals surface area (Å²) in [4.78, 5) is 8.06. The van der Waals surface area contributed by atoms with Crippen molar-refractivity contribution in [1.82, 2.24) is 15.3 Å². The second kappa shape index (κ2) is 7.31. The minimum absolute atomic E-state index is 0.297. The van der Waals surface area contributed by atoms with Crippen LogP contribution in [0.1, 0.15) is 31.4 Å². The topological polar surface area (TPSA) is 47.0 Å². The fourth-order valence-corrected chi connectivity index (χ4v) is 1.43. The van der Waals surface area contributed by atoms with Crippen LogP contribution in [0.4, 0.5) is 0 Å². The third-order valence-corrected chi connectivity index (χ3v) is 2.23. The highest BCUT2D eigenvalue weighted by Crippen LogP contribution is 2.14. The fraction of sp³-hybridized carbons (Fsp3) is 0.636. The average Bonchev–Trinajstić information content (AvgIpc) is 2.30. The number of methoxy groups -OCH3 is 1. The standard InChI is InChI=1S/C11H19N3O/c1-3-5-14-11(4-6-15-2)10-7-12-9-13-8-10/h7-9,11,14H,3-6H2,1-2H3. The number of nitrogens with one attached hydrogen (secondary N) is 1. The third-order valence-electron chi connectivity index (χ3n) is 2.23. The number of hydrogen-bond donors (Lipinski definition) is 1. The molecule has 1 aromatic rings. The first kappa shape index (κ1) is 12.1. The van der Waals surface area contributed by atoms with Gasteiger partial charge in [-0.1, -0.05) is 6.92 Å². The second-order valence-electron chi connectivity index (χ2n) is 3.46. The lowest BCUT2D eigenvalue weighted by atomic mass is 10.1. The second-order valence-corrected chi connectivity index (χ2v) is 3.46. The maximum absolute atomic E-state index is 5.09. The zero-order valence-electron chi connectivity index (χ0n) is 9.44. The molecular formula is C11H19N3O. The maximum atomic E-state index is 5.09. The van der Waals surface area contributed by atoms with Crippen molar-refractivity contribution in [2.45, 2.75) is 25.8 Å². The van der Waals surface area contributed by atoms with E-state index >= 15 is 0 Å². The van der Waals surface area contributed by atoms with Gasteiger partial charge in [0.25, 0.3) is 0 Å². The summed E-state index contributed by atoms with van der Waals surface area (Å²) in [5, 5.41) is 3.46. The first-order valence-corrected chi connectivity index (χ1v) is 5.35. The quantitative estimate of drug-likeness (QED) is 0.740. The monoisotopic (exact) mass is 209 g/mol. The highest BCUT2D eigenvalue weighted by molar-refractivity contribution is 5.08. The van der Waals surface area contributed by atoms with Gasteiger partial charge in [0.2, 0.25) is 0 Å². The zero-order chi connectivity index (χ0) is 10.9. The predicted molar refractivity (Wildman–Crippen MR) is 59.6 cm³/mol. The molecule has 1 N–H and O–H groups in total. The van der Waals surface area contributed by atoms with Crippen molar-refractivity contribution in [1.29, 1.82) is 0 Å². The molecule has 1 heterocycles. The molecule has 0 fully saturated rings.